The summed E-state index contributed by atoms with van der Waals surface area (Å²) in [6.07, 6.45) is -0.340. The second kappa shape index (κ2) is 11.4. The lowest BCUT2D eigenvalue weighted by molar-refractivity contribution is -0.123. The van der Waals surface area contributed by atoms with Gasteiger partial charge in [0.15, 0.2) is 11.7 Å². The van der Waals surface area contributed by atoms with Gasteiger partial charge in [-0.25, -0.2) is 4.79 Å². The van der Waals surface area contributed by atoms with E-state index in [2.05, 4.69) is 10.6 Å². The fourth-order valence-electron chi connectivity index (χ4n) is 5.01. The zero-order valence-electron chi connectivity index (χ0n) is 23.7. The Balaban J connectivity index is 1.26. The Morgan fingerprint density at radius 1 is 0.930 bits per heavy atom. The van der Waals surface area contributed by atoms with E-state index in [0.717, 1.165) is 16.7 Å². The number of hydrogen-bond donors (Lipinski definition) is 2. The molecule has 216 valence electrons. The van der Waals surface area contributed by atoms with Crippen LogP contribution in [0.4, 0.5) is 11.4 Å². The van der Waals surface area contributed by atoms with E-state index < -0.39 is 17.6 Å². The van der Waals surface area contributed by atoms with Crippen molar-refractivity contribution in [1.82, 2.24) is 0 Å². The average Bonchev–Trinajstić information content (AvgIpc) is 3.02. The first-order chi connectivity index (χ1) is 20.8. The Labute approximate surface area is 247 Å². The summed E-state index contributed by atoms with van der Waals surface area (Å²) in [5.41, 5.74) is 3.50. The zero-order chi connectivity index (χ0) is 30.1. The molecule has 0 saturated carbocycles. The summed E-state index contributed by atoms with van der Waals surface area (Å²) < 4.78 is 22.4. The first-order valence-corrected chi connectivity index (χ1v) is 13.6. The highest BCUT2D eigenvalue weighted by Crippen LogP contribution is 2.38. The molecule has 5 aromatic rings. The largest absolute Gasteiger partial charge is 0.497 e. The highest BCUT2D eigenvalue weighted by Gasteiger charge is 2.30. The van der Waals surface area contributed by atoms with Gasteiger partial charge in [0.25, 0.3) is 11.8 Å². The maximum atomic E-state index is 13.3. The first kappa shape index (κ1) is 27.6. The Morgan fingerprint density at radius 3 is 2.51 bits per heavy atom. The maximum Gasteiger partial charge on any atom is 0.360 e. The standard InChI is InChI=1S/C34H28N2O7/c1-19-7-9-20(10-8-19)15-29-33(38)36-30-28(42-29)14-11-22-18-26(34(39)43-31(22)30)35-32(37)23-12-13-27(41-3)25(17-23)21-5-4-6-24(16-21)40-2/h4-14,16-18,29H,15H2,1-3H3,(H,35,37)(H,36,38). The van der Waals surface area contributed by atoms with Crippen molar-refractivity contribution < 1.29 is 28.2 Å². The average molecular weight is 577 g/mol. The number of aryl methyl sites for hydroxylation is 1. The molecule has 1 aliphatic heterocycles. The molecule has 0 radical (unpaired) electrons. The molecule has 0 bridgehead atoms. The molecule has 2 N–H and O–H groups in total. The van der Waals surface area contributed by atoms with Crippen molar-refractivity contribution >= 4 is 34.2 Å². The van der Waals surface area contributed by atoms with Crippen molar-refractivity contribution in [1.29, 1.82) is 0 Å². The monoisotopic (exact) mass is 576 g/mol. The molecule has 0 aliphatic carbocycles. The number of carbonyl (C=O) groups excluding carboxylic acids is 2. The Hall–Kier alpha value is -5.57. The van der Waals surface area contributed by atoms with Crippen molar-refractivity contribution in [3.8, 4) is 28.4 Å². The Morgan fingerprint density at radius 2 is 1.74 bits per heavy atom. The van der Waals surface area contributed by atoms with Crippen LogP contribution in [0.2, 0.25) is 0 Å². The molecule has 9 heteroatoms. The summed E-state index contributed by atoms with van der Waals surface area (Å²) in [6.45, 7) is 2.00. The van der Waals surface area contributed by atoms with Crippen LogP contribution in [0.15, 0.2) is 94.1 Å². The maximum absolute atomic E-state index is 13.3. The van der Waals surface area contributed by atoms with E-state index in [1.807, 2.05) is 55.5 Å². The van der Waals surface area contributed by atoms with Gasteiger partial charge in [-0.15, -0.1) is 0 Å². The number of fused-ring (bicyclic) bond motifs is 3. The molecule has 6 rings (SSSR count). The summed E-state index contributed by atoms with van der Waals surface area (Å²) in [4.78, 5) is 39.2. The topological polar surface area (TPSA) is 116 Å². The van der Waals surface area contributed by atoms with Crippen LogP contribution >= 0.6 is 0 Å². The van der Waals surface area contributed by atoms with Crippen molar-refractivity contribution in [2.75, 3.05) is 24.9 Å². The first-order valence-electron chi connectivity index (χ1n) is 13.6. The normalized spacial score (nSPS) is 13.9. The summed E-state index contributed by atoms with van der Waals surface area (Å²) in [7, 11) is 3.13. The van der Waals surface area contributed by atoms with E-state index >= 15 is 0 Å². The van der Waals surface area contributed by atoms with Gasteiger partial charge in [0, 0.05) is 22.9 Å². The van der Waals surface area contributed by atoms with Gasteiger partial charge in [-0.05, 0) is 66.6 Å². The van der Waals surface area contributed by atoms with Crippen LogP contribution in [0.3, 0.4) is 0 Å². The van der Waals surface area contributed by atoms with Crippen molar-refractivity contribution in [3.63, 3.8) is 0 Å². The number of methoxy groups -OCH3 is 2. The summed E-state index contributed by atoms with van der Waals surface area (Å²) in [5.74, 6) is 0.783. The van der Waals surface area contributed by atoms with E-state index in [0.29, 0.717) is 40.2 Å². The van der Waals surface area contributed by atoms with Gasteiger partial charge in [-0.3, -0.25) is 9.59 Å². The minimum absolute atomic E-state index is 0.0449. The SMILES string of the molecule is COc1cccc(-c2cc(C(=O)Nc3cc4ccc5c(c4oc3=O)NC(=O)C(Cc3ccc(C)cc3)O5)ccc2OC)c1. The van der Waals surface area contributed by atoms with Gasteiger partial charge in [0.05, 0.1) is 14.2 Å². The number of benzene rings is 4. The Kier molecular flexibility index (Phi) is 7.29. The number of carbonyl (C=O) groups is 2. The third-order valence-electron chi connectivity index (χ3n) is 7.31. The van der Waals surface area contributed by atoms with E-state index in [1.165, 1.54) is 6.07 Å². The number of anilines is 2. The molecular weight excluding hydrogens is 548 g/mol. The second-order valence-electron chi connectivity index (χ2n) is 10.2. The predicted molar refractivity (Wildman–Crippen MR) is 163 cm³/mol. The number of ether oxygens (including phenoxy) is 3. The van der Waals surface area contributed by atoms with Crippen LogP contribution in [0, 0.1) is 6.92 Å². The third kappa shape index (κ3) is 5.52. The number of amides is 2. The lowest BCUT2D eigenvalue weighted by atomic mass is 10.0. The van der Waals surface area contributed by atoms with Crippen molar-refractivity contribution in [2.24, 2.45) is 0 Å². The number of nitrogens with one attached hydrogen (secondary N) is 2. The smallest absolute Gasteiger partial charge is 0.360 e. The summed E-state index contributed by atoms with van der Waals surface area (Å²) in [5, 5.41) is 5.99. The van der Waals surface area contributed by atoms with E-state index in [-0.39, 0.29) is 22.9 Å². The molecule has 0 fully saturated rings. The molecule has 4 aromatic carbocycles. The molecule has 9 nitrogen and oxygen atoms in total. The predicted octanol–water partition coefficient (Wildman–Crippen LogP) is 5.98. The van der Waals surface area contributed by atoms with Crippen LogP contribution in [-0.2, 0) is 11.2 Å². The van der Waals surface area contributed by atoms with Crippen LogP contribution in [-0.4, -0.2) is 32.1 Å². The van der Waals surface area contributed by atoms with Crippen LogP contribution in [0.25, 0.3) is 22.1 Å². The fourth-order valence-corrected chi connectivity index (χ4v) is 5.01. The molecule has 1 aromatic heterocycles. The minimum Gasteiger partial charge on any atom is -0.497 e. The molecular formula is C34H28N2O7. The second-order valence-corrected chi connectivity index (χ2v) is 10.2. The summed E-state index contributed by atoms with van der Waals surface area (Å²) in [6, 6.07) is 25.2. The molecule has 2 heterocycles. The van der Waals surface area contributed by atoms with E-state index in [9.17, 15) is 14.4 Å². The van der Waals surface area contributed by atoms with E-state index in [1.54, 1.807) is 44.6 Å². The molecule has 0 spiro atoms. The van der Waals surface area contributed by atoms with Gasteiger partial charge in [0.2, 0.25) is 0 Å². The zero-order valence-corrected chi connectivity index (χ0v) is 23.7. The fraction of sp³-hybridized carbons (Fsp3) is 0.147. The van der Waals surface area contributed by atoms with Crippen molar-refractivity contribution in [3.05, 3.63) is 112 Å². The molecule has 0 saturated heterocycles. The third-order valence-corrected chi connectivity index (χ3v) is 7.31. The molecule has 43 heavy (non-hydrogen) atoms. The van der Waals surface area contributed by atoms with Gasteiger partial charge >= 0.3 is 5.63 Å². The molecule has 1 aliphatic rings. The quantitative estimate of drug-likeness (QED) is 0.229. The lowest BCUT2D eigenvalue weighted by Crippen LogP contribution is -2.38. The van der Waals surface area contributed by atoms with Gasteiger partial charge in [0.1, 0.15) is 28.6 Å². The van der Waals surface area contributed by atoms with E-state index in [4.69, 9.17) is 18.6 Å². The minimum atomic E-state index is -0.771. The van der Waals surface area contributed by atoms with Gasteiger partial charge in [-0.2, -0.15) is 0 Å². The number of hydrogen-bond acceptors (Lipinski definition) is 7. The van der Waals surface area contributed by atoms with Crippen LogP contribution in [0.1, 0.15) is 21.5 Å². The van der Waals surface area contributed by atoms with Crippen molar-refractivity contribution in [2.45, 2.75) is 19.4 Å². The van der Waals surface area contributed by atoms with Gasteiger partial charge in [-0.1, -0.05) is 42.0 Å². The highest BCUT2D eigenvalue weighted by molar-refractivity contribution is 6.08. The van der Waals surface area contributed by atoms with Crippen LogP contribution in [0.5, 0.6) is 17.2 Å². The molecule has 2 amide bonds. The number of rotatable bonds is 7. The molecule has 1 atom stereocenters. The van der Waals surface area contributed by atoms with Gasteiger partial charge < -0.3 is 29.3 Å². The lowest BCUT2D eigenvalue weighted by Gasteiger charge is -2.26. The van der Waals surface area contributed by atoms with Crippen LogP contribution < -0.4 is 30.5 Å². The Bertz CT molecular complexity index is 1930. The molecule has 1 unspecified atom stereocenters. The highest BCUT2D eigenvalue weighted by atomic mass is 16.5. The summed E-state index contributed by atoms with van der Waals surface area (Å²) >= 11 is 0.